The summed E-state index contributed by atoms with van der Waals surface area (Å²) >= 11 is 0. The van der Waals surface area contributed by atoms with Gasteiger partial charge in [0.25, 0.3) is 0 Å². The number of aliphatic hydroxyl groups is 9. The lowest BCUT2D eigenvalue weighted by Gasteiger charge is -2.63. The maximum absolute atomic E-state index is 15.0. The lowest BCUT2D eigenvalue weighted by Crippen LogP contribution is -2.65. The number of carbonyl (C=O) groups is 3. The maximum atomic E-state index is 15.0. The molecule has 58 heavy (non-hydrogen) atoms. The van der Waals surface area contributed by atoms with Crippen LogP contribution < -0.4 is 0 Å². The summed E-state index contributed by atoms with van der Waals surface area (Å²) in [4.78, 5) is 42.9. The summed E-state index contributed by atoms with van der Waals surface area (Å²) in [6, 6.07) is 0. The number of Topliss-reactive ketones (excluding diaryl/α,β-unsaturated/α-hetero) is 3. The quantitative estimate of drug-likeness (QED) is 0.131. The molecule has 6 aliphatic rings. The summed E-state index contributed by atoms with van der Waals surface area (Å²) in [6.07, 6.45) is -13.2. The highest BCUT2D eigenvalue weighted by Crippen LogP contribution is 2.74. The molecule has 2 saturated heterocycles. The molecule has 16 nitrogen and oxygen atoms in total. The number of hydrogen-bond donors (Lipinski definition) is 9. The molecular weight excluding hydrogens is 760 g/mol. The number of aliphatic hydroxyl groups excluding tert-OH is 7. The van der Waals surface area contributed by atoms with Gasteiger partial charge in [0.2, 0.25) is 12.1 Å². The van der Waals surface area contributed by atoms with Gasteiger partial charge in [0, 0.05) is 30.1 Å². The Morgan fingerprint density at radius 2 is 1.52 bits per heavy atom. The van der Waals surface area contributed by atoms with E-state index < -0.39 is 136 Å². The third-order valence-electron chi connectivity index (χ3n) is 15.3. The van der Waals surface area contributed by atoms with Gasteiger partial charge in [0.15, 0.2) is 23.9 Å². The minimum atomic E-state index is -2.02. The molecule has 2 aliphatic heterocycles. The molecule has 0 radical (unpaired) electrons. The highest BCUT2D eigenvalue weighted by Gasteiger charge is 2.74. The van der Waals surface area contributed by atoms with E-state index in [2.05, 4.69) is 0 Å². The van der Waals surface area contributed by atoms with Crippen molar-refractivity contribution in [1.82, 2.24) is 0 Å². The Labute approximate surface area is 338 Å². The molecule has 0 unspecified atom stereocenters. The van der Waals surface area contributed by atoms with E-state index in [1.165, 1.54) is 19.9 Å². The number of fused-ring (bicyclic) bond motifs is 5. The number of allylic oxidation sites excluding steroid dienone is 4. The number of ketones is 3. The Balaban J connectivity index is 1.36. The number of rotatable bonds is 10. The highest BCUT2D eigenvalue weighted by atomic mass is 16.8. The van der Waals surface area contributed by atoms with E-state index >= 15 is 0 Å². The Hall–Kier alpha value is -2.19. The second-order valence-electron chi connectivity index (χ2n) is 19.9. The largest absolute Gasteiger partial charge is 0.459 e. The second kappa shape index (κ2) is 15.0. The van der Waals surface area contributed by atoms with Gasteiger partial charge in [-0.25, -0.2) is 0 Å². The smallest absolute Gasteiger partial charge is 0.229 e. The van der Waals surface area contributed by atoms with Gasteiger partial charge in [-0.15, -0.1) is 0 Å². The summed E-state index contributed by atoms with van der Waals surface area (Å²) in [6.45, 7) is 14.3. The third kappa shape index (κ3) is 6.87. The fourth-order valence-electron chi connectivity index (χ4n) is 11.6. The van der Waals surface area contributed by atoms with Gasteiger partial charge in [-0.05, 0) is 83.6 Å². The molecule has 0 spiro atoms. The van der Waals surface area contributed by atoms with Crippen LogP contribution in [0.15, 0.2) is 23.5 Å². The summed E-state index contributed by atoms with van der Waals surface area (Å²) in [5.41, 5.74) is -6.77. The average Bonchev–Trinajstić information content (AvgIpc) is 3.34. The predicted molar refractivity (Wildman–Crippen MR) is 202 cm³/mol. The molecule has 2 saturated carbocycles. The SMILES string of the molecule is C[C@@H]1O[C@H](O[C@@H]2[C@@H](OC3=C[C@H]4C(=CC[C@@H]5[C@]4(C)C(=O)C[C@]4(C)[C@H]([C@](C)(O)C(=O)CCC(C)(C)O)[C@@H](O)C[C@]54C)C(C)(C)C3=O)O[C@@H](CO)[C@H](O)[C@H]2O)[C@@H](O)[C@H](O)[C@H]1O. The standard InChI is InChI=1S/C42H64O16/c1-18-27(47)29(49)31(51)35(55-18)58-32-30(50)28(48)23(17-43)57-36(32)56-22-14-20-19(38(4,5)34(22)52)10-11-24-39(6)15-21(44)33(40(39,7)16-26(46)41(20,24)8)42(9,54)25(45)12-13-37(2,3)53/h10,14,18,20-21,23-24,27-33,35-36,43-44,47-51,53-54H,11-13,15-17H2,1-9H3/t18-,20-,21-,23-,24-,27-,28-,29+,30+,31-,32-,33+,35+,36-,39+,40+,41+,42+/m0/s1. The normalized spacial score (nSPS) is 47.6. The van der Waals surface area contributed by atoms with E-state index in [4.69, 9.17) is 18.9 Å². The van der Waals surface area contributed by atoms with E-state index in [0.717, 1.165) is 0 Å². The Kier molecular flexibility index (Phi) is 11.7. The minimum Gasteiger partial charge on any atom is -0.459 e. The van der Waals surface area contributed by atoms with Crippen LogP contribution in [0.2, 0.25) is 0 Å². The maximum Gasteiger partial charge on any atom is 0.229 e. The number of carbonyl (C=O) groups excluding carboxylic acids is 3. The summed E-state index contributed by atoms with van der Waals surface area (Å²) in [5.74, 6) is -3.67. The minimum absolute atomic E-state index is 0.0953. The molecule has 0 aromatic rings. The zero-order chi connectivity index (χ0) is 43.5. The van der Waals surface area contributed by atoms with Crippen LogP contribution in [0, 0.1) is 39.4 Å². The Morgan fingerprint density at radius 1 is 0.879 bits per heavy atom. The van der Waals surface area contributed by atoms with E-state index in [1.54, 1.807) is 27.7 Å². The van der Waals surface area contributed by atoms with Crippen LogP contribution >= 0.6 is 0 Å². The molecule has 0 aromatic carbocycles. The average molecular weight is 825 g/mol. The molecule has 6 rings (SSSR count). The monoisotopic (exact) mass is 824 g/mol. The summed E-state index contributed by atoms with van der Waals surface area (Å²) < 4.78 is 23.6. The molecule has 0 bridgehead atoms. The Bertz CT molecular complexity index is 1700. The zero-order valence-electron chi connectivity index (χ0n) is 34.9. The van der Waals surface area contributed by atoms with Crippen molar-refractivity contribution in [2.24, 2.45) is 39.4 Å². The molecule has 4 aliphatic carbocycles. The van der Waals surface area contributed by atoms with Crippen molar-refractivity contribution >= 4 is 17.3 Å². The first kappa shape index (κ1) is 45.3. The van der Waals surface area contributed by atoms with E-state index in [-0.39, 0.29) is 37.2 Å². The molecule has 0 aromatic heterocycles. The highest BCUT2D eigenvalue weighted by molar-refractivity contribution is 6.02. The van der Waals surface area contributed by atoms with Crippen molar-refractivity contribution in [2.45, 2.75) is 173 Å². The van der Waals surface area contributed by atoms with Gasteiger partial charge < -0.3 is 64.9 Å². The topological polar surface area (TPSA) is 270 Å². The van der Waals surface area contributed by atoms with Crippen LogP contribution in [-0.2, 0) is 33.3 Å². The molecule has 16 heteroatoms. The van der Waals surface area contributed by atoms with Crippen molar-refractivity contribution < 1.29 is 79.3 Å². The zero-order valence-corrected chi connectivity index (χ0v) is 34.9. The first-order valence-electron chi connectivity index (χ1n) is 20.4. The van der Waals surface area contributed by atoms with Gasteiger partial charge in [-0.3, -0.25) is 14.4 Å². The van der Waals surface area contributed by atoms with Crippen LogP contribution in [-0.4, -0.2) is 149 Å². The molecule has 4 fully saturated rings. The van der Waals surface area contributed by atoms with Crippen molar-refractivity contribution in [1.29, 1.82) is 0 Å². The van der Waals surface area contributed by atoms with Crippen molar-refractivity contribution in [3.05, 3.63) is 23.5 Å². The third-order valence-corrected chi connectivity index (χ3v) is 15.3. The Morgan fingerprint density at radius 3 is 2.12 bits per heavy atom. The molecule has 0 amide bonds. The van der Waals surface area contributed by atoms with Gasteiger partial charge >= 0.3 is 0 Å². The van der Waals surface area contributed by atoms with Gasteiger partial charge in [-0.2, -0.15) is 0 Å². The number of hydrogen-bond acceptors (Lipinski definition) is 16. The fraction of sp³-hybridized carbons (Fsp3) is 0.833. The van der Waals surface area contributed by atoms with Crippen LogP contribution in [0.4, 0.5) is 0 Å². The van der Waals surface area contributed by atoms with E-state index in [1.807, 2.05) is 26.8 Å². The van der Waals surface area contributed by atoms with Crippen molar-refractivity contribution in [3.8, 4) is 0 Å². The molecule has 9 N–H and O–H groups in total. The fourth-order valence-corrected chi connectivity index (χ4v) is 11.6. The first-order chi connectivity index (χ1) is 26.6. The van der Waals surface area contributed by atoms with Crippen LogP contribution in [0.5, 0.6) is 0 Å². The van der Waals surface area contributed by atoms with Gasteiger partial charge in [-0.1, -0.05) is 32.4 Å². The molecular formula is C42H64O16. The van der Waals surface area contributed by atoms with Crippen molar-refractivity contribution in [3.63, 3.8) is 0 Å². The van der Waals surface area contributed by atoms with Crippen molar-refractivity contribution in [2.75, 3.05) is 6.61 Å². The molecule has 18 atom stereocenters. The van der Waals surface area contributed by atoms with Gasteiger partial charge in [0.05, 0.1) is 29.8 Å². The van der Waals surface area contributed by atoms with E-state index in [9.17, 15) is 60.3 Å². The second-order valence-corrected chi connectivity index (χ2v) is 19.9. The summed E-state index contributed by atoms with van der Waals surface area (Å²) in [7, 11) is 0. The predicted octanol–water partition coefficient (Wildman–Crippen LogP) is -0.0463. The lowest BCUT2D eigenvalue weighted by atomic mass is 9.39. The summed E-state index contributed by atoms with van der Waals surface area (Å²) in [5, 5.41) is 97.4. The van der Waals surface area contributed by atoms with Crippen LogP contribution in [0.3, 0.4) is 0 Å². The van der Waals surface area contributed by atoms with Crippen LogP contribution in [0.1, 0.15) is 94.4 Å². The van der Waals surface area contributed by atoms with Crippen LogP contribution in [0.25, 0.3) is 0 Å². The first-order valence-corrected chi connectivity index (χ1v) is 20.4. The van der Waals surface area contributed by atoms with Gasteiger partial charge in [0.1, 0.15) is 48.0 Å². The number of ether oxygens (including phenoxy) is 4. The molecule has 328 valence electrons. The van der Waals surface area contributed by atoms with E-state index in [0.29, 0.717) is 12.0 Å². The molecule has 2 heterocycles. The lowest BCUT2D eigenvalue weighted by molar-refractivity contribution is -0.360.